The molecule has 0 aromatic heterocycles. The van der Waals surface area contributed by atoms with Crippen LogP contribution in [0.5, 0.6) is 5.75 Å². The van der Waals surface area contributed by atoms with E-state index in [1.807, 2.05) is 26.1 Å². The number of nitrogens with one attached hydrogen (secondary N) is 2. The normalized spacial score (nSPS) is 26.3. The van der Waals surface area contributed by atoms with Gasteiger partial charge in [-0.2, -0.15) is 0 Å². The molecule has 4 rings (SSSR count). The van der Waals surface area contributed by atoms with Crippen molar-refractivity contribution in [2.75, 3.05) is 27.3 Å². The van der Waals surface area contributed by atoms with Crippen molar-refractivity contribution in [3.63, 3.8) is 0 Å². The number of Topliss-reactive ketones (excluding diaryl/α,β-unsaturated/α-hetero) is 1. The fourth-order valence-corrected chi connectivity index (χ4v) is 5.93. The highest BCUT2D eigenvalue weighted by Crippen LogP contribution is 2.31. The molecule has 4 N–H and O–H groups in total. The van der Waals surface area contributed by atoms with Crippen LogP contribution in [0.15, 0.2) is 35.9 Å². The van der Waals surface area contributed by atoms with E-state index in [0.29, 0.717) is 38.2 Å². The highest BCUT2D eigenvalue weighted by molar-refractivity contribution is 5.98. The van der Waals surface area contributed by atoms with E-state index < -0.39 is 29.5 Å². The van der Waals surface area contributed by atoms with Crippen LogP contribution in [-0.2, 0) is 30.3 Å². The number of carbonyl (C=O) groups excluding carboxylic acids is 4. The minimum atomic E-state index is -0.917. The van der Waals surface area contributed by atoms with Crippen LogP contribution in [0.2, 0.25) is 0 Å². The van der Waals surface area contributed by atoms with Gasteiger partial charge in [0.25, 0.3) is 0 Å². The van der Waals surface area contributed by atoms with Gasteiger partial charge < -0.3 is 30.7 Å². The molecule has 1 aromatic carbocycles. The number of benzene rings is 1. The van der Waals surface area contributed by atoms with Gasteiger partial charge in [-0.3, -0.25) is 19.2 Å². The van der Waals surface area contributed by atoms with Crippen molar-refractivity contribution in [1.29, 1.82) is 0 Å². The molecule has 3 amide bonds. The second kappa shape index (κ2) is 13.2. The van der Waals surface area contributed by atoms with Gasteiger partial charge in [0.2, 0.25) is 17.7 Å². The maximum atomic E-state index is 13.8. The van der Waals surface area contributed by atoms with Crippen molar-refractivity contribution in [3.8, 4) is 5.75 Å². The molecule has 0 spiro atoms. The van der Waals surface area contributed by atoms with E-state index in [9.17, 15) is 19.2 Å². The number of likely N-dealkylation sites (tertiary alicyclic amines) is 1. The molecule has 1 aliphatic carbocycles. The summed E-state index contributed by atoms with van der Waals surface area (Å²) in [6, 6.07) is 5.46. The van der Waals surface area contributed by atoms with E-state index in [2.05, 4.69) is 21.6 Å². The number of epoxide rings is 1. The predicted molar refractivity (Wildman–Crippen MR) is 154 cm³/mol. The lowest BCUT2D eigenvalue weighted by Gasteiger charge is -2.39. The zero-order valence-corrected chi connectivity index (χ0v) is 24.6. The second-order valence-corrected chi connectivity index (χ2v) is 12.0. The minimum absolute atomic E-state index is 0.150. The maximum absolute atomic E-state index is 13.8. The number of hydrogen-bond donors (Lipinski definition) is 3. The summed E-state index contributed by atoms with van der Waals surface area (Å²) in [5, 5.41) is 5.93. The number of primary amides is 1. The van der Waals surface area contributed by atoms with Crippen molar-refractivity contribution in [2.45, 2.75) is 82.5 Å². The van der Waals surface area contributed by atoms with Gasteiger partial charge in [0.05, 0.1) is 25.7 Å². The van der Waals surface area contributed by atoms with Crippen molar-refractivity contribution in [2.24, 2.45) is 17.6 Å². The van der Waals surface area contributed by atoms with Gasteiger partial charge in [-0.25, -0.2) is 0 Å². The average molecular weight is 569 g/mol. The Hall–Kier alpha value is -3.24. The average Bonchev–Trinajstić information content (AvgIpc) is 3.50. The van der Waals surface area contributed by atoms with Gasteiger partial charge >= 0.3 is 0 Å². The molecule has 2 heterocycles. The molecule has 2 fully saturated rings. The van der Waals surface area contributed by atoms with E-state index in [1.165, 1.54) is 0 Å². The Balaban J connectivity index is 1.52. The molecule has 10 nitrogen and oxygen atoms in total. The van der Waals surface area contributed by atoms with E-state index in [0.717, 1.165) is 30.4 Å². The maximum Gasteiger partial charge on any atom is 0.243 e. The summed E-state index contributed by atoms with van der Waals surface area (Å²) >= 11 is 0. The lowest BCUT2D eigenvalue weighted by atomic mass is 9.84. The Morgan fingerprint density at radius 1 is 1.12 bits per heavy atom. The first-order chi connectivity index (χ1) is 19.5. The number of methoxy groups -OCH3 is 1. The summed E-state index contributed by atoms with van der Waals surface area (Å²) < 4.78 is 10.7. The topological polar surface area (TPSA) is 143 Å². The number of carbonyl (C=O) groups is 4. The van der Waals surface area contributed by atoms with Crippen molar-refractivity contribution < 1.29 is 28.7 Å². The molecule has 224 valence electrons. The summed E-state index contributed by atoms with van der Waals surface area (Å²) in [6.45, 7) is 4.55. The zero-order valence-electron chi connectivity index (χ0n) is 24.6. The van der Waals surface area contributed by atoms with Crippen LogP contribution in [0, 0.1) is 11.8 Å². The molecule has 1 aromatic rings. The molecule has 0 saturated carbocycles. The Labute approximate surface area is 242 Å². The van der Waals surface area contributed by atoms with Gasteiger partial charge in [0.1, 0.15) is 17.4 Å². The molecule has 2 saturated heterocycles. The van der Waals surface area contributed by atoms with Crippen molar-refractivity contribution >= 4 is 23.5 Å². The number of ketones is 1. The van der Waals surface area contributed by atoms with Crippen molar-refractivity contribution in [3.05, 3.63) is 41.5 Å². The molecule has 0 radical (unpaired) electrons. The van der Waals surface area contributed by atoms with E-state index in [-0.39, 0.29) is 36.0 Å². The van der Waals surface area contributed by atoms with Crippen LogP contribution in [0.1, 0.15) is 57.9 Å². The smallest absolute Gasteiger partial charge is 0.243 e. The minimum Gasteiger partial charge on any atom is -0.497 e. The van der Waals surface area contributed by atoms with Gasteiger partial charge in [-0.1, -0.05) is 30.7 Å². The first kappa shape index (κ1) is 30.7. The Kier molecular flexibility index (Phi) is 9.86. The van der Waals surface area contributed by atoms with Crippen LogP contribution in [0.25, 0.3) is 0 Å². The van der Waals surface area contributed by atoms with Crippen LogP contribution in [0.4, 0.5) is 0 Å². The number of hydrogen-bond acceptors (Lipinski definition) is 7. The Morgan fingerprint density at radius 2 is 1.80 bits per heavy atom. The largest absolute Gasteiger partial charge is 0.497 e. The third kappa shape index (κ3) is 7.74. The summed E-state index contributed by atoms with van der Waals surface area (Å²) in [6.07, 6.45) is 6.87. The van der Waals surface area contributed by atoms with E-state index in [4.69, 9.17) is 15.2 Å². The molecule has 2 aliphatic heterocycles. The highest BCUT2D eigenvalue weighted by Gasteiger charge is 2.50. The summed E-state index contributed by atoms with van der Waals surface area (Å²) in [4.78, 5) is 54.7. The van der Waals surface area contributed by atoms with Crippen LogP contribution in [0.3, 0.4) is 0 Å². The lowest BCUT2D eigenvalue weighted by Crippen LogP contribution is -2.56. The van der Waals surface area contributed by atoms with Gasteiger partial charge in [-0.15, -0.1) is 0 Å². The van der Waals surface area contributed by atoms with E-state index >= 15 is 0 Å². The first-order valence-electron chi connectivity index (χ1n) is 14.6. The number of rotatable bonds is 13. The summed E-state index contributed by atoms with van der Waals surface area (Å²) in [7, 11) is 3.51. The quantitative estimate of drug-likeness (QED) is 0.244. The van der Waals surface area contributed by atoms with Gasteiger partial charge in [0, 0.05) is 18.4 Å². The standard InChI is InChI=1S/C31H44N4O6/c1-19(26-17-22(28(32)37)13-14-35(26)3)29(38)34-25(16-21-9-11-23(40-4)12-10-21)30(39)33-24(15-20-7-5-6-8-20)27(36)31(2)18-41-31/h7,9-12,19,22,24-26H,5-6,8,13-18H2,1-4H3,(H2,32,37)(H,33,39)(H,34,38)/t19-,22?,24+,25+,26?,31-/m1/s1. The number of piperidine rings is 1. The monoisotopic (exact) mass is 568 g/mol. The molecule has 2 unspecified atom stereocenters. The predicted octanol–water partition coefficient (Wildman–Crippen LogP) is 1.90. The third-order valence-electron chi connectivity index (χ3n) is 8.88. The van der Waals surface area contributed by atoms with Gasteiger partial charge in [-0.05, 0) is 76.7 Å². The zero-order chi connectivity index (χ0) is 29.7. The Morgan fingerprint density at radius 3 is 2.39 bits per heavy atom. The number of nitrogens with two attached hydrogens (primary N) is 1. The van der Waals surface area contributed by atoms with Crippen LogP contribution < -0.4 is 21.1 Å². The fraction of sp³-hybridized carbons (Fsp3) is 0.613. The van der Waals surface area contributed by atoms with Gasteiger partial charge in [0.15, 0.2) is 5.78 Å². The number of amides is 3. The number of allylic oxidation sites excluding steroid dienone is 1. The number of nitrogens with zero attached hydrogens (tertiary/aromatic N) is 1. The Bertz CT molecular complexity index is 1160. The SMILES string of the molecule is COc1ccc(C[C@H](NC(=O)[C@H](C)C2CC(C(N)=O)CCN2C)C(=O)N[C@@H](CC2=CCCC2)C(=O)[C@@]2(C)CO2)cc1. The second-order valence-electron chi connectivity index (χ2n) is 12.0. The molecule has 41 heavy (non-hydrogen) atoms. The van der Waals surface area contributed by atoms with Crippen molar-refractivity contribution in [1.82, 2.24) is 15.5 Å². The molecular weight excluding hydrogens is 524 g/mol. The fourth-order valence-electron chi connectivity index (χ4n) is 5.93. The van der Waals surface area contributed by atoms with E-state index in [1.54, 1.807) is 26.2 Å². The molecular formula is C31H44N4O6. The van der Waals surface area contributed by atoms with Crippen LogP contribution >= 0.6 is 0 Å². The third-order valence-corrected chi connectivity index (χ3v) is 8.88. The molecule has 0 bridgehead atoms. The summed E-state index contributed by atoms with van der Waals surface area (Å²) in [5.74, 6) is -1.31. The molecule has 6 atom stereocenters. The first-order valence-corrected chi connectivity index (χ1v) is 14.6. The lowest BCUT2D eigenvalue weighted by molar-refractivity contribution is -0.135. The van der Waals surface area contributed by atoms with Crippen LogP contribution in [-0.4, -0.2) is 79.4 Å². The molecule has 3 aliphatic rings. The highest BCUT2D eigenvalue weighted by atomic mass is 16.6. The number of ether oxygens (including phenoxy) is 2. The summed E-state index contributed by atoms with van der Waals surface area (Å²) in [5.41, 5.74) is 6.68. The molecule has 10 heteroatoms.